The quantitative estimate of drug-likeness (QED) is 0.810. The lowest BCUT2D eigenvalue weighted by molar-refractivity contribution is -0.130. The summed E-state index contributed by atoms with van der Waals surface area (Å²) in [7, 11) is 0. The number of rotatable bonds is 4. The summed E-state index contributed by atoms with van der Waals surface area (Å²) in [6.07, 6.45) is 0. The van der Waals surface area contributed by atoms with Crippen LogP contribution in [0.25, 0.3) is 10.8 Å². The first-order valence-electron chi connectivity index (χ1n) is 7.88. The first kappa shape index (κ1) is 15.4. The number of carbonyl (C=O) groups excluding carboxylic acids is 1. The Bertz CT molecular complexity index is 650. The van der Waals surface area contributed by atoms with Gasteiger partial charge in [-0.05, 0) is 29.4 Å². The maximum absolute atomic E-state index is 12.3. The van der Waals surface area contributed by atoms with Gasteiger partial charge in [-0.25, -0.2) is 0 Å². The Morgan fingerprint density at radius 3 is 2.50 bits per heavy atom. The number of piperazine rings is 1. The van der Waals surface area contributed by atoms with E-state index in [-0.39, 0.29) is 5.91 Å². The molecule has 0 aliphatic carbocycles. The van der Waals surface area contributed by atoms with Crippen LogP contribution in [0.5, 0.6) is 0 Å². The summed E-state index contributed by atoms with van der Waals surface area (Å²) in [6.45, 7) is 6.99. The second kappa shape index (κ2) is 7.16. The zero-order chi connectivity index (χ0) is 15.4. The van der Waals surface area contributed by atoms with Crippen molar-refractivity contribution in [3.8, 4) is 0 Å². The highest BCUT2D eigenvalue weighted by Gasteiger charge is 2.19. The highest BCUT2D eigenvalue weighted by atomic mass is 32.2. The fourth-order valence-electron chi connectivity index (χ4n) is 2.81. The van der Waals surface area contributed by atoms with Gasteiger partial charge in [0.15, 0.2) is 0 Å². The van der Waals surface area contributed by atoms with E-state index >= 15 is 0 Å². The molecule has 1 saturated heterocycles. The number of hydrogen-bond acceptors (Lipinski definition) is 3. The Balaban J connectivity index is 1.56. The van der Waals surface area contributed by atoms with Crippen molar-refractivity contribution < 1.29 is 4.79 Å². The van der Waals surface area contributed by atoms with Crippen molar-refractivity contribution in [2.24, 2.45) is 0 Å². The van der Waals surface area contributed by atoms with Crippen LogP contribution in [0.4, 0.5) is 0 Å². The Hall–Kier alpha value is -1.52. The SMILES string of the molecule is CCN1CCN(C(=O)CSc2ccc3ccccc3c2)CC1. The molecular weight excluding hydrogens is 292 g/mol. The molecule has 0 radical (unpaired) electrons. The lowest BCUT2D eigenvalue weighted by Gasteiger charge is -2.34. The molecule has 0 aromatic heterocycles. The Morgan fingerprint density at radius 1 is 1.05 bits per heavy atom. The van der Waals surface area contributed by atoms with Crippen molar-refractivity contribution in [2.75, 3.05) is 38.5 Å². The van der Waals surface area contributed by atoms with E-state index in [2.05, 4.69) is 54.3 Å². The molecule has 0 unspecified atom stereocenters. The normalized spacial score (nSPS) is 16.1. The lowest BCUT2D eigenvalue weighted by atomic mass is 10.1. The number of benzene rings is 2. The van der Waals surface area contributed by atoms with Crippen molar-refractivity contribution in [2.45, 2.75) is 11.8 Å². The standard InChI is InChI=1S/C18H22N2OS/c1-2-19-9-11-20(12-10-19)18(21)14-22-17-8-7-15-5-3-4-6-16(15)13-17/h3-8,13H,2,9-12,14H2,1H3. The molecule has 22 heavy (non-hydrogen) atoms. The van der Waals surface area contributed by atoms with Crippen LogP contribution in [-0.4, -0.2) is 54.2 Å². The number of likely N-dealkylation sites (N-methyl/N-ethyl adjacent to an activating group) is 1. The number of nitrogens with zero attached hydrogens (tertiary/aromatic N) is 2. The number of amides is 1. The first-order valence-corrected chi connectivity index (χ1v) is 8.86. The number of carbonyl (C=O) groups is 1. The molecule has 1 heterocycles. The molecule has 3 rings (SSSR count). The van der Waals surface area contributed by atoms with E-state index in [1.54, 1.807) is 11.8 Å². The van der Waals surface area contributed by atoms with Gasteiger partial charge >= 0.3 is 0 Å². The molecule has 2 aromatic carbocycles. The average molecular weight is 314 g/mol. The summed E-state index contributed by atoms with van der Waals surface area (Å²) in [5.41, 5.74) is 0. The van der Waals surface area contributed by atoms with Gasteiger partial charge in [-0.3, -0.25) is 4.79 Å². The summed E-state index contributed by atoms with van der Waals surface area (Å²) in [5.74, 6) is 0.790. The zero-order valence-electron chi connectivity index (χ0n) is 13.0. The molecule has 0 N–H and O–H groups in total. The third kappa shape index (κ3) is 3.62. The van der Waals surface area contributed by atoms with Gasteiger partial charge in [-0.2, -0.15) is 0 Å². The fraction of sp³-hybridized carbons (Fsp3) is 0.389. The van der Waals surface area contributed by atoms with Gasteiger partial charge in [0.2, 0.25) is 5.91 Å². The van der Waals surface area contributed by atoms with Crippen LogP contribution in [0.1, 0.15) is 6.92 Å². The Kier molecular flexibility index (Phi) is 5.01. The zero-order valence-corrected chi connectivity index (χ0v) is 13.8. The molecule has 1 aliphatic heterocycles. The predicted molar refractivity (Wildman–Crippen MR) is 93.4 cm³/mol. The molecule has 4 heteroatoms. The molecule has 1 fully saturated rings. The van der Waals surface area contributed by atoms with Gasteiger partial charge in [0.25, 0.3) is 0 Å². The smallest absolute Gasteiger partial charge is 0.233 e. The minimum Gasteiger partial charge on any atom is -0.339 e. The average Bonchev–Trinajstić information content (AvgIpc) is 2.59. The highest BCUT2D eigenvalue weighted by molar-refractivity contribution is 8.00. The molecule has 0 spiro atoms. The molecule has 3 nitrogen and oxygen atoms in total. The van der Waals surface area contributed by atoms with Crippen molar-refractivity contribution in [3.05, 3.63) is 42.5 Å². The van der Waals surface area contributed by atoms with Gasteiger partial charge in [0.05, 0.1) is 5.75 Å². The summed E-state index contributed by atoms with van der Waals surface area (Å²) < 4.78 is 0. The minimum absolute atomic E-state index is 0.258. The maximum atomic E-state index is 12.3. The monoisotopic (exact) mass is 314 g/mol. The summed E-state index contributed by atoms with van der Waals surface area (Å²) in [6, 6.07) is 14.7. The molecule has 0 saturated carbocycles. The molecule has 2 aromatic rings. The summed E-state index contributed by atoms with van der Waals surface area (Å²) in [4.78, 5) is 17.9. The molecule has 116 valence electrons. The molecule has 0 atom stereocenters. The van der Waals surface area contributed by atoms with Crippen LogP contribution in [0.3, 0.4) is 0 Å². The van der Waals surface area contributed by atoms with Crippen molar-refractivity contribution in [1.29, 1.82) is 0 Å². The number of hydrogen-bond donors (Lipinski definition) is 0. The first-order chi connectivity index (χ1) is 10.8. The van der Waals surface area contributed by atoms with E-state index in [0.29, 0.717) is 5.75 Å². The Labute approximate surface area is 136 Å². The van der Waals surface area contributed by atoms with Gasteiger partial charge in [0.1, 0.15) is 0 Å². The van der Waals surface area contributed by atoms with Gasteiger partial charge < -0.3 is 9.80 Å². The van der Waals surface area contributed by atoms with Crippen LogP contribution in [0.2, 0.25) is 0 Å². The number of thioether (sulfide) groups is 1. The molecule has 1 amide bonds. The van der Waals surface area contributed by atoms with E-state index in [9.17, 15) is 4.79 Å². The summed E-state index contributed by atoms with van der Waals surface area (Å²) in [5, 5.41) is 2.48. The highest BCUT2D eigenvalue weighted by Crippen LogP contribution is 2.24. The van der Waals surface area contributed by atoms with E-state index in [1.807, 2.05) is 4.90 Å². The molecule has 0 bridgehead atoms. The van der Waals surface area contributed by atoms with E-state index < -0.39 is 0 Å². The second-order valence-corrected chi connectivity index (χ2v) is 6.66. The second-order valence-electron chi connectivity index (χ2n) is 5.61. The van der Waals surface area contributed by atoms with E-state index in [0.717, 1.165) is 32.7 Å². The summed E-state index contributed by atoms with van der Waals surface area (Å²) >= 11 is 1.64. The fourth-order valence-corrected chi connectivity index (χ4v) is 3.65. The third-order valence-electron chi connectivity index (χ3n) is 4.26. The Morgan fingerprint density at radius 2 is 1.77 bits per heavy atom. The van der Waals surface area contributed by atoms with Crippen LogP contribution in [-0.2, 0) is 4.79 Å². The van der Waals surface area contributed by atoms with Crippen LogP contribution in [0.15, 0.2) is 47.4 Å². The minimum atomic E-state index is 0.258. The van der Waals surface area contributed by atoms with Crippen molar-refractivity contribution in [1.82, 2.24) is 9.80 Å². The largest absolute Gasteiger partial charge is 0.339 e. The van der Waals surface area contributed by atoms with E-state index in [4.69, 9.17) is 0 Å². The maximum Gasteiger partial charge on any atom is 0.233 e. The van der Waals surface area contributed by atoms with Gasteiger partial charge in [0, 0.05) is 31.1 Å². The number of fused-ring (bicyclic) bond motifs is 1. The predicted octanol–water partition coefficient (Wildman–Crippen LogP) is 3.10. The molecular formula is C18H22N2OS. The van der Waals surface area contributed by atoms with Crippen molar-refractivity contribution in [3.63, 3.8) is 0 Å². The van der Waals surface area contributed by atoms with Crippen LogP contribution < -0.4 is 0 Å². The van der Waals surface area contributed by atoms with Gasteiger partial charge in [-0.1, -0.05) is 37.3 Å². The van der Waals surface area contributed by atoms with Gasteiger partial charge in [-0.15, -0.1) is 11.8 Å². The molecule has 1 aliphatic rings. The van der Waals surface area contributed by atoms with Crippen molar-refractivity contribution >= 4 is 28.4 Å². The van der Waals surface area contributed by atoms with Crippen LogP contribution >= 0.6 is 11.8 Å². The third-order valence-corrected chi connectivity index (χ3v) is 5.23. The van der Waals surface area contributed by atoms with E-state index in [1.165, 1.54) is 15.7 Å². The lowest BCUT2D eigenvalue weighted by Crippen LogP contribution is -2.49. The topological polar surface area (TPSA) is 23.6 Å². The van der Waals surface area contributed by atoms with Crippen LogP contribution in [0, 0.1) is 0 Å².